The lowest BCUT2D eigenvalue weighted by molar-refractivity contribution is 0.153. The third-order valence-electron chi connectivity index (χ3n) is 3.95. The van der Waals surface area contributed by atoms with Gasteiger partial charge < -0.3 is 14.7 Å². The van der Waals surface area contributed by atoms with Crippen molar-refractivity contribution in [1.29, 1.82) is 0 Å². The van der Waals surface area contributed by atoms with Gasteiger partial charge in [0, 0.05) is 19.3 Å². The summed E-state index contributed by atoms with van der Waals surface area (Å²) in [6.07, 6.45) is 0.358. The van der Waals surface area contributed by atoms with Gasteiger partial charge >= 0.3 is 6.09 Å². The summed E-state index contributed by atoms with van der Waals surface area (Å²) in [7, 11) is -1.14. The molecule has 0 aliphatic rings. The smallest absolute Gasteiger partial charge is 0.407 e. The fourth-order valence-corrected chi connectivity index (χ4v) is 4.00. The van der Waals surface area contributed by atoms with Crippen LogP contribution in [0.25, 0.3) is 5.69 Å². The largest absolute Gasteiger partial charge is 0.479 e. The van der Waals surface area contributed by atoms with Crippen molar-refractivity contribution in [2.75, 3.05) is 14.2 Å². The molecular formula is C18H18N4O5S. The number of sulfone groups is 1. The number of carboxylic acid groups (broad SMARTS) is 1. The van der Waals surface area contributed by atoms with Gasteiger partial charge in [-0.15, -0.1) is 0 Å². The Morgan fingerprint density at radius 2 is 1.93 bits per heavy atom. The van der Waals surface area contributed by atoms with E-state index >= 15 is 0 Å². The summed E-state index contributed by atoms with van der Waals surface area (Å²) in [6.45, 7) is -0.0811. The highest BCUT2D eigenvalue weighted by molar-refractivity contribution is 7.91. The van der Waals surface area contributed by atoms with E-state index in [4.69, 9.17) is 9.84 Å². The summed E-state index contributed by atoms with van der Waals surface area (Å²) in [5, 5.41) is 13.3. The van der Waals surface area contributed by atoms with Crippen molar-refractivity contribution in [3.63, 3.8) is 0 Å². The molecule has 0 unspecified atom stereocenters. The molecule has 146 valence electrons. The molecule has 28 heavy (non-hydrogen) atoms. The van der Waals surface area contributed by atoms with E-state index in [1.54, 1.807) is 30.3 Å². The molecule has 3 aromatic rings. The number of hydrogen-bond donors (Lipinski definition) is 1. The van der Waals surface area contributed by atoms with Gasteiger partial charge in [-0.1, -0.05) is 18.2 Å². The first-order chi connectivity index (χ1) is 13.3. The summed E-state index contributed by atoms with van der Waals surface area (Å²) in [5.74, 6) is 0.188. The molecule has 10 heteroatoms. The minimum Gasteiger partial charge on any atom is -0.479 e. The van der Waals surface area contributed by atoms with Crippen molar-refractivity contribution in [2.45, 2.75) is 16.5 Å². The number of ether oxygens (including phenoxy) is 1. The van der Waals surface area contributed by atoms with E-state index in [-0.39, 0.29) is 28.0 Å². The van der Waals surface area contributed by atoms with Gasteiger partial charge in [0.2, 0.25) is 15.7 Å². The van der Waals surface area contributed by atoms with Crippen LogP contribution in [0.3, 0.4) is 0 Å². The maximum atomic E-state index is 13.2. The zero-order valence-electron chi connectivity index (χ0n) is 15.2. The van der Waals surface area contributed by atoms with Crippen LogP contribution in [0.1, 0.15) is 5.69 Å². The molecular weight excluding hydrogens is 384 g/mol. The predicted molar refractivity (Wildman–Crippen MR) is 99.3 cm³/mol. The Morgan fingerprint density at radius 3 is 2.57 bits per heavy atom. The van der Waals surface area contributed by atoms with Crippen LogP contribution >= 0.6 is 0 Å². The number of rotatable bonds is 6. The van der Waals surface area contributed by atoms with E-state index in [9.17, 15) is 13.2 Å². The van der Waals surface area contributed by atoms with Crippen molar-refractivity contribution in [2.24, 2.45) is 0 Å². The van der Waals surface area contributed by atoms with Gasteiger partial charge in [0.15, 0.2) is 5.03 Å². The molecule has 0 saturated heterocycles. The summed E-state index contributed by atoms with van der Waals surface area (Å²) < 4.78 is 32.9. The Kier molecular flexibility index (Phi) is 5.32. The SMILES string of the molecule is COc1ncccc1-n1nc(CN(C)C(=O)O)cc1S(=O)(=O)c1ccccc1. The highest BCUT2D eigenvalue weighted by atomic mass is 32.2. The lowest BCUT2D eigenvalue weighted by atomic mass is 10.4. The molecule has 0 spiro atoms. The average Bonchev–Trinajstić information content (AvgIpc) is 3.13. The molecule has 0 atom stereocenters. The summed E-state index contributed by atoms with van der Waals surface area (Å²) in [5.41, 5.74) is 0.592. The Balaban J connectivity index is 2.20. The molecule has 0 radical (unpaired) electrons. The second kappa shape index (κ2) is 7.69. The highest BCUT2D eigenvalue weighted by Gasteiger charge is 2.27. The second-order valence-electron chi connectivity index (χ2n) is 5.87. The molecule has 0 aliphatic carbocycles. The van der Waals surface area contributed by atoms with Crippen molar-refractivity contribution in [3.8, 4) is 11.6 Å². The molecule has 0 bridgehead atoms. The lowest BCUT2D eigenvalue weighted by Gasteiger charge is -2.11. The highest BCUT2D eigenvalue weighted by Crippen LogP contribution is 2.28. The third kappa shape index (κ3) is 3.67. The molecule has 1 amide bonds. The van der Waals surface area contributed by atoms with Gasteiger partial charge in [0.05, 0.1) is 24.2 Å². The van der Waals surface area contributed by atoms with Gasteiger partial charge in [0.1, 0.15) is 5.69 Å². The van der Waals surface area contributed by atoms with Crippen LogP contribution in [0.4, 0.5) is 4.79 Å². The van der Waals surface area contributed by atoms with Crippen LogP contribution in [0.5, 0.6) is 5.88 Å². The van der Waals surface area contributed by atoms with E-state index in [0.717, 1.165) is 4.90 Å². The maximum Gasteiger partial charge on any atom is 0.407 e. The average molecular weight is 402 g/mol. The van der Waals surface area contributed by atoms with Crippen LogP contribution in [0.2, 0.25) is 0 Å². The van der Waals surface area contributed by atoms with Crippen LogP contribution in [0, 0.1) is 0 Å². The van der Waals surface area contributed by atoms with Crippen molar-refractivity contribution < 1.29 is 23.1 Å². The number of methoxy groups -OCH3 is 1. The molecule has 1 N–H and O–H groups in total. The fourth-order valence-electron chi connectivity index (χ4n) is 2.58. The first kappa shape index (κ1) is 19.4. The predicted octanol–water partition coefficient (Wildman–Crippen LogP) is 2.22. The number of benzene rings is 1. The van der Waals surface area contributed by atoms with Gasteiger partial charge in [-0.05, 0) is 24.3 Å². The zero-order chi connectivity index (χ0) is 20.3. The van der Waals surface area contributed by atoms with Gasteiger partial charge in [-0.2, -0.15) is 5.10 Å². The van der Waals surface area contributed by atoms with Crippen molar-refractivity contribution in [1.82, 2.24) is 19.7 Å². The first-order valence-electron chi connectivity index (χ1n) is 8.17. The van der Waals surface area contributed by atoms with Crippen LogP contribution < -0.4 is 4.74 Å². The number of carbonyl (C=O) groups is 1. The summed E-state index contributed by atoms with van der Waals surface area (Å²) >= 11 is 0. The van der Waals surface area contributed by atoms with Gasteiger partial charge in [-0.25, -0.2) is 22.9 Å². The van der Waals surface area contributed by atoms with E-state index in [2.05, 4.69) is 10.1 Å². The second-order valence-corrected chi connectivity index (χ2v) is 7.77. The Bertz CT molecular complexity index is 1100. The fraction of sp³-hybridized carbons (Fsp3) is 0.167. The molecule has 0 saturated carbocycles. The number of aromatic nitrogens is 3. The Morgan fingerprint density at radius 1 is 1.21 bits per heavy atom. The van der Waals surface area contributed by atoms with Crippen LogP contribution in [-0.2, 0) is 16.4 Å². The number of amides is 1. The maximum absolute atomic E-state index is 13.2. The summed E-state index contributed by atoms with van der Waals surface area (Å²) in [4.78, 5) is 16.3. The molecule has 1 aromatic carbocycles. The number of pyridine rings is 1. The van der Waals surface area contributed by atoms with Crippen LogP contribution in [-0.4, -0.2) is 53.4 Å². The Hall–Kier alpha value is -3.40. The summed E-state index contributed by atoms with van der Waals surface area (Å²) in [6, 6.07) is 12.5. The zero-order valence-corrected chi connectivity index (χ0v) is 16.0. The molecule has 2 aromatic heterocycles. The number of nitrogens with zero attached hydrogens (tertiary/aromatic N) is 4. The minimum atomic E-state index is -3.93. The lowest BCUT2D eigenvalue weighted by Crippen LogP contribution is -2.24. The van der Waals surface area contributed by atoms with Crippen LogP contribution in [0.15, 0.2) is 64.6 Å². The topological polar surface area (TPSA) is 115 Å². The quantitative estimate of drug-likeness (QED) is 0.672. The van der Waals surface area contributed by atoms with E-state index in [0.29, 0.717) is 5.69 Å². The molecule has 2 heterocycles. The van der Waals surface area contributed by atoms with Gasteiger partial charge in [0.25, 0.3) is 0 Å². The molecule has 0 aliphatic heterocycles. The Labute approximate surface area is 161 Å². The normalized spacial score (nSPS) is 11.2. The van der Waals surface area contributed by atoms with Gasteiger partial charge in [-0.3, -0.25) is 0 Å². The standard InChI is InChI=1S/C18H18N4O5S/c1-21(18(23)24)12-13-11-16(28(25,26)14-7-4-3-5-8-14)22(20-13)15-9-6-10-19-17(15)27-2/h3-11H,12H2,1-2H3,(H,23,24). The molecule has 9 nitrogen and oxygen atoms in total. The molecule has 3 rings (SSSR count). The number of hydrogen-bond acceptors (Lipinski definition) is 6. The van der Waals surface area contributed by atoms with E-state index in [1.807, 2.05) is 0 Å². The monoisotopic (exact) mass is 402 g/mol. The third-order valence-corrected chi connectivity index (χ3v) is 5.69. The van der Waals surface area contributed by atoms with E-state index < -0.39 is 15.9 Å². The minimum absolute atomic E-state index is 0.0811. The molecule has 0 fully saturated rings. The van der Waals surface area contributed by atoms with Crippen molar-refractivity contribution >= 4 is 15.9 Å². The van der Waals surface area contributed by atoms with E-state index in [1.165, 1.54) is 43.2 Å². The van der Waals surface area contributed by atoms with Crippen molar-refractivity contribution in [3.05, 3.63) is 60.4 Å². The first-order valence-corrected chi connectivity index (χ1v) is 9.65.